The SMILES string of the molecule is COCCN(CCOC)[P+](N(C)C)(N(C)C)N(C)C. The molecule has 0 aliphatic heterocycles. The summed E-state index contributed by atoms with van der Waals surface area (Å²) >= 11 is 0. The Labute approximate surface area is 119 Å². The first-order valence-electron chi connectivity index (χ1n) is 6.51. The molecule has 6 nitrogen and oxygen atoms in total. The van der Waals surface area contributed by atoms with Gasteiger partial charge in [0.2, 0.25) is 0 Å². The number of nitrogens with zero attached hydrogens (tertiary/aromatic N) is 4. The van der Waals surface area contributed by atoms with E-state index >= 15 is 0 Å². The van der Waals surface area contributed by atoms with Crippen LogP contribution in [0, 0.1) is 0 Å². The van der Waals surface area contributed by atoms with Gasteiger partial charge in [0.25, 0.3) is 0 Å². The van der Waals surface area contributed by atoms with E-state index in [2.05, 4.69) is 61.0 Å². The molecule has 0 N–H and O–H groups in total. The average molecular weight is 295 g/mol. The molecule has 0 heterocycles. The summed E-state index contributed by atoms with van der Waals surface area (Å²) in [5, 5.41) is 0. The minimum Gasteiger partial charge on any atom is -0.383 e. The molecule has 0 bridgehead atoms. The molecule has 19 heavy (non-hydrogen) atoms. The predicted molar refractivity (Wildman–Crippen MR) is 83.3 cm³/mol. The Morgan fingerprint density at radius 2 is 1.00 bits per heavy atom. The second-order valence-corrected chi connectivity index (χ2v) is 9.06. The third-order valence-electron chi connectivity index (χ3n) is 3.10. The lowest BCUT2D eigenvalue weighted by Gasteiger charge is -2.45. The normalized spacial score (nSPS) is 13.3. The van der Waals surface area contributed by atoms with Crippen LogP contribution in [0.3, 0.4) is 0 Å². The Bertz CT molecular complexity index is 210. The van der Waals surface area contributed by atoms with E-state index in [0.717, 1.165) is 26.3 Å². The van der Waals surface area contributed by atoms with Crippen molar-refractivity contribution in [3.8, 4) is 0 Å². The zero-order valence-electron chi connectivity index (χ0n) is 13.9. The van der Waals surface area contributed by atoms with Crippen LogP contribution in [0.2, 0.25) is 0 Å². The van der Waals surface area contributed by atoms with Crippen LogP contribution in [0.4, 0.5) is 0 Å². The van der Waals surface area contributed by atoms with Crippen molar-refractivity contribution in [3.63, 3.8) is 0 Å². The second kappa shape index (κ2) is 9.19. The third-order valence-corrected chi connectivity index (χ3v) is 7.48. The first-order chi connectivity index (χ1) is 8.85. The molecule has 0 fully saturated rings. The molecule has 0 rings (SSSR count). The number of hydrogen-bond donors (Lipinski definition) is 0. The molecular formula is C12H32N4O2P+. The van der Waals surface area contributed by atoms with E-state index in [0.29, 0.717) is 0 Å². The van der Waals surface area contributed by atoms with Crippen LogP contribution in [0.1, 0.15) is 0 Å². The molecule has 0 aromatic rings. The summed E-state index contributed by atoms with van der Waals surface area (Å²) in [6.45, 7) is 3.23. The van der Waals surface area contributed by atoms with Crippen molar-refractivity contribution in [2.45, 2.75) is 0 Å². The quantitative estimate of drug-likeness (QED) is 0.558. The third kappa shape index (κ3) is 4.60. The van der Waals surface area contributed by atoms with Gasteiger partial charge in [-0.25, -0.2) is 0 Å². The zero-order chi connectivity index (χ0) is 15.1. The lowest BCUT2D eigenvalue weighted by molar-refractivity contribution is 0.141. The summed E-state index contributed by atoms with van der Waals surface area (Å²) in [5.74, 6) is 0. The van der Waals surface area contributed by atoms with Gasteiger partial charge in [-0.05, 0) is 0 Å². The number of methoxy groups -OCH3 is 2. The van der Waals surface area contributed by atoms with Crippen LogP contribution in [-0.2, 0) is 9.47 Å². The average Bonchev–Trinajstić information content (AvgIpc) is 2.31. The van der Waals surface area contributed by atoms with Crippen molar-refractivity contribution >= 4 is 7.87 Å². The lowest BCUT2D eigenvalue weighted by Crippen LogP contribution is -2.48. The van der Waals surface area contributed by atoms with Gasteiger partial charge in [0.1, 0.15) is 0 Å². The molecule has 0 amide bonds. The van der Waals surface area contributed by atoms with Crippen LogP contribution < -0.4 is 0 Å². The first-order valence-corrected chi connectivity index (χ1v) is 8.11. The maximum absolute atomic E-state index is 5.27. The topological polar surface area (TPSA) is 31.4 Å². The Balaban J connectivity index is 5.31. The number of hydrogen-bond acceptors (Lipinski definition) is 6. The van der Waals surface area contributed by atoms with Crippen molar-refractivity contribution in [3.05, 3.63) is 0 Å². The van der Waals surface area contributed by atoms with Crippen LogP contribution in [0.25, 0.3) is 0 Å². The molecule has 0 aromatic heterocycles. The van der Waals surface area contributed by atoms with Gasteiger partial charge in [0, 0.05) is 56.5 Å². The smallest absolute Gasteiger partial charge is 0.307 e. The minimum absolute atomic E-state index is 0.723. The molecule has 0 aliphatic carbocycles. The molecule has 0 radical (unpaired) electrons. The molecule has 0 saturated carbocycles. The van der Waals surface area contributed by atoms with Crippen molar-refractivity contribution < 1.29 is 9.47 Å². The van der Waals surface area contributed by atoms with E-state index in [1.165, 1.54) is 0 Å². The Morgan fingerprint density at radius 1 is 0.684 bits per heavy atom. The minimum atomic E-state index is -1.71. The van der Waals surface area contributed by atoms with E-state index in [4.69, 9.17) is 9.47 Å². The molecule has 7 heteroatoms. The molecule has 0 spiro atoms. The summed E-state index contributed by atoms with van der Waals surface area (Å²) in [6, 6.07) is 0. The predicted octanol–water partition coefficient (Wildman–Crippen LogP) is 0.944. The number of rotatable bonds is 10. The highest BCUT2D eigenvalue weighted by atomic mass is 31.2. The summed E-state index contributed by atoms with van der Waals surface area (Å²) in [5.41, 5.74) is 0. The highest BCUT2D eigenvalue weighted by Crippen LogP contribution is 2.66. The highest BCUT2D eigenvalue weighted by molar-refractivity contribution is 7.66. The van der Waals surface area contributed by atoms with Crippen molar-refractivity contribution in [2.24, 2.45) is 0 Å². The summed E-state index contributed by atoms with van der Waals surface area (Å²) in [4.78, 5) is 0. The first kappa shape index (κ1) is 19.2. The van der Waals surface area contributed by atoms with E-state index in [9.17, 15) is 0 Å². The van der Waals surface area contributed by atoms with Gasteiger partial charge in [0.15, 0.2) is 0 Å². The van der Waals surface area contributed by atoms with Gasteiger partial charge in [0.05, 0.1) is 26.3 Å². The fourth-order valence-electron chi connectivity index (χ4n) is 2.61. The van der Waals surface area contributed by atoms with E-state index in [1.54, 1.807) is 14.2 Å². The van der Waals surface area contributed by atoms with Crippen molar-refractivity contribution in [1.82, 2.24) is 18.7 Å². The van der Waals surface area contributed by atoms with E-state index in [1.807, 2.05) is 0 Å². The molecule has 0 atom stereocenters. The van der Waals surface area contributed by atoms with Gasteiger partial charge in [-0.2, -0.15) is 0 Å². The summed E-state index contributed by atoms with van der Waals surface area (Å²) in [7, 11) is 14.6. The van der Waals surface area contributed by atoms with Crippen LogP contribution in [0.15, 0.2) is 0 Å². The van der Waals surface area contributed by atoms with Gasteiger partial charge in [-0.15, -0.1) is 18.7 Å². The molecule has 0 aliphatic rings. The van der Waals surface area contributed by atoms with Crippen molar-refractivity contribution in [1.29, 1.82) is 0 Å². The molecular weight excluding hydrogens is 263 g/mol. The van der Waals surface area contributed by atoms with E-state index < -0.39 is 7.87 Å². The number of ether oxygens (including phenoxy) is 2. The molecule has 0 unspecified atom stereocenters. The Morgan fingerprint density at radius 3 is 1.21 bits per heavy atom. The van der Waals surface area contributed by atoms with E-state index in [-0.39, 0.29) is 0 Å². The van der Waals surface area contributed by atoms with Crippen LogP contribution in [0.5, 0.6) is 0 Å². The van der Waals surface area contributed by atoms with Crippen LogP contribution >= 0.6 is 7.87 Å². The Kier molecular flexibility index (Phi) is 9.28. The van der Waals surface area contributed by atoms with Crippen LogP contribution in [-0.4, -0.2) is 101 Å². The zero-order valence-corrected chi connectivity index (χ0v) is 14.8. The standard InChI is InChI=1S/C12H32N4O2P/c1-13(2)19(14(3)4,15(5)6)16(9-11-17-7)10-12-18-8/h9-12H2,1-8H3/q+1. The van der Waals surface area contributed by atoms with Gasteiger partial charge in [-0.1, -0.05) is 0 Å². The molecule has 0 aromatic carbocycles. The Hall–Kier alpha value is 0.190. The fourth-order valence-corrected chi connectivity index (χ4v) is 6.97. The monoisotopic (exact) mass is 295 g/mol. The highest BCUT2D eigenvalue weighted by Gasteiger charge is 2.53. The summed E-state index contributed by atoms with van der Waals surface area (Å²) < 4.78 is 20.0. The largest absolute Gasteiger partial charge is 0.383 e. The second-order valence-electron chi connectivity index (χ2n) is 5.02. The maximum atomic E-state index is 5.27. The summed E-state index contributed by atoms with van der Waals surface area (Å²) in [6.07, 6.45) is 0. The van der Waals surface area contributed by atoms with Crippen molar-refractivity contribution in [2.75, 3.05) is 82.8 Å². The molecule has 0 saturated heterocycles. The maximum Gasteiger partial charge on any atom is 0.307 e. The van der Waals surface area contributed by atoms with Gasteiger partial charge < -0.3 is 9.47 Å². The lowest BCUT2D eigenvalue weighted by atomic mass is 10.6. The molecule has 116 valence electrons. The van der Waals surface area contributed by atoms with Gasteiger partial charge in [-0.3, -0.25) is 0 Å². The van der Waals surface area contributed by atoms with Gasteiger partial charge >= 0.3 is 7.87 Å². The fraction of sp³-hybridized carbons (Fsp3) is 1.00.